The van der Waals surface area contributed by atoms with Crippen molar-refractivity contribution >= 4 is 5.97 Å². The molecule has 0 spiro atoms. The SMILES string of the molecule is COc1cc(C2c3cc4c(cc3C(OC3CCCCO3)C3COC(=O)C23)OCO4)cc(OC)c1OC. The summed E-state index contributed by atoms with van der Waals surface area (Å²) in [6.45, 7) is 1.10. The van der Waals surface area contributed by atoms with Crippen molar-refractivity contribution in [1.82, 2.24) is 0 Å². The van der Waals surface area contributed by atoms with E-state index < -0.39 is 5.92 Å². The van der Waals surface area contributed by atoms with E-state index in [2.05, 4.69) is 0 Å². The first-order valence-corrected chi connectivity index (χ1v) is 12.3. The zero-order chi connectivity index (χ0) is 24.8. The van der Waals surface area contributed by atoms with Gasteiger partial charge in [0.25, 0.3) is 0 Å². The van der Waals surface area contributed by atoms with Crippen LogP contribution in [0.3, 0.4) is 0 Å². The van der Waals surface area contributed by atoms with Gasteiger partial charge in [0.2, 0.25) is 12.5 Å². The maximum Gasteiger partial charge on any atom is 0.310 e. The minimum Gasteiger partial charge on any atom is -0.493 e. The van der Waals surface area contributed by atoms with Crippen molar-refractivity contribution in [3.8, 4) is 28.7 Å². The molecule has 2 aromatic rings. The van der Waals surface area contributed by atoms with Crippen molar-refractivity contribution in [3.05, 3.63) is 41.0 Å². The summed E-state index contributed by atoms with van der Waals surface area (Å²) in [6.07, 6.45) is 2.18. The molecule has 2 fully saturated rings. The molecule has 2 saturated heterocycles. The number of hydrogen-bond donors (Lipinski definition) is 0. The Bertz CT molecular complexity index is 1130. The Morgan fingerprint density at radius 2 is 1.58 bits per heavy atom. The van der Waals surface area contributed by atoms with E-state index in [-0.39, 0.29) is 43.6 Å². The number of fused-ring (bicyclic) bond motifs is 3. The summed E-state index contributed by atoms with van der Waals surface area (Å²) in [5.74, 6) is 1.59. The lowest BCUT2D eigenvalue weighted by Crippen LogP contribution is -2.38. The van der Waals surface area contributed by atoms with Crippen LogP contribution in [0, 0.1) is 11.8 Å². The minimum atomic E-state index is -0.464. The number of esters is 1. The summed E-state index contributed by atoms with van der Waals surface area (Å²) in [7, 11) is 4.72. The number of cyclic esters (lactones) is 1. The van der Waals surface area contributed by atoms with E-state index >= 15 is 0 Å². The number of ether oxygens (including phenoxy) is 8. The third-order valence-electron chi connectivity index (χ3n) is 7.60. The largest absolute Gasteiger partial charge is 0.493 e. The number of rotatable bonds is 6. The normalized spacial score (nSPS) is 28.2. The molecule has 5 atom stereocenters. The first-order chi connectivity index (χ1) is 17.6. The first kappa shape index (κ1) is 23.2. The Labute approximate surface area is 209 Å². The van der Waals surface area contributed by atoms with Crippen molar-refractivity contribution < 1.29 is 42.7 Å². The molecule has 36 heavy (non-hydrogen) atoms. The van der Waals surface area contributed by atoms with E-state index in [9.17, 15) is 4.79 Å². The van der Waals surface area contributed by atoms with E-state index in [0.717, 1.165) is 36.0 Å². The summed E-state index contributed by atoms with van der Waals surface area (Å²) in [4.78, 5) is 13.3. The average molecular weight is 499 g/mol. The van der Waals surface area contributed by atoms with Gasteiger partial charge in [-0.05, 0) is 60.2 Å². The van der Waals surface area contributed by atoms with Crippen molar-refractivity contribution in [1.29, 1.82) is 0 Å². The molecule has 0 saturated carbocycles. The highest BCUT2D eigenvalue weighted by molar-refractivity contribution is 5.79. The van der Waals surface area contributed by atoms with Crippen LogP contribution in [0.2, 0.25) is 0 Å². The number of methoxy groups -OCH3 is 3. The Kier molecular flexibility index (Phi) is 6.05. The predicted molar refractivity (Wildman–Crippen MR) is 126 cm³/mol. The fourth-order valence-electron chi connectivity index (χ4n) is 5.95. The van der Waals surface area contributed by atoms with Crippen LogP contribution in [-0.2, 0) is 19.0 Å². The van der Waals surface area contributed by atoms with Gasteiger partial charge in [-0.15, -0.1) is 0 Å². The van der Waals surface area contributed by atoms with E-state index in [1.807, 2.05) is 24.3 Å². The smallest absolute Gasteiger partial charge is 0.310 e. The maximum absolute atomic E-state index is 13.3. The summed E-state index contributed by atoms with van der Waals surface area (Å²) >= 11 is 0. The lowest BCUT2D eigenvalue weighted by atomic mass is 9.66. The van der Waals surface area contributed by atoms with Crippen molar-refractivity contribution in [2.45, 2.75) is 37.6 Å². The van der Waals surface area contributed by atoms with Gasteiger partial charge < -0.3 is 37.9 Å². The highest BCUT2D eigenvalue weighted by atomic mass is 16.7. The van der Waals surface area contributed by atoms with E-state index in [4.69, 9.17) is 37.9 Å². The van der Waals surface area contributed by atoms with Crippen molar-refractivity contribution in [3.63, 3.8) is 0 Å². The summed E-state index contributed by atoms with van der Waals surface area (Å²) in [6, 6.07) is 7.74. The minimum absolute atomic E-state index is 0.152. The Balaban J connectivity index is 1.52. The van der Waals surface area contributed by atoms with Crippen LogP contribution in [0.15, 0.2) is 24.3 Å². The average Bonchev–Trinajstić information content (AvgIpc) is 3.53. The number of hydrogen-bond acceptors (Lipinski definition) is 9. The predicted octanol–water partition coefficient (Wildman–Crippen LogP) is 3.96. The van der Waals surface area contributed by atoms with Crippen LogP contribution in [0.4, 0.5) is 0 Å². The lowest BCUT2D eigenvalue weighted by molar-refractivity contribution is -0.205. The molecule has 1 aliphatic carbocycles. The first-order valence-electron chi connectivity index (χ1n) is 12.3. The van der Waals surface area contributed by atoms with E-state index in [1.165, 1.54) is 0 Å². The quantitative estimate of drug-likeness (QED) is 0.549. The molecule has 9 heteroatoms. The molecule has 0 bridgehead atoms. The second-order valence-electron chi connectivity index (χ2n) is 9.44. The summed E-state index contributed by atoms with van der Waals surface area (Å²) in [5, 5.41) is 0. The molecule has 3 heterocycles. The monoisotopic (exact) mass is 498 g/mol. The third-order valence-corrected chi connectivity index (χ3v) is 7.60. The second kappa shape index (κ2) is 9.37. The molecular weight excluding hydrogens is 468 g/mol. The molecular formula is C27H30O9. The van der Waals surface area contributed by atoms with Gasteiger partial charge in [-0.2, -0.15) is 0 Å². The molecule has 2 aromatic carbocycles. The molecule has 0 aromatic heterocycles. The lowest BCUT2D eigenvalue weighted by Gasteiger charge is -2.40. The fraction of sp³-hybridized carbons (Fsp3) is 0.519. The number of carbonyl (C=O) groups is 1. The van der Waals surface area contributed by atoms with Gasteiger partial charge in [0.15, 0.2) is 29.3 Å². The molecule has 0 N–H and O–H groups in total. The van der Waals surface area contributed by atoms with Crippen LogP contribution in [0.1, 0.15) is 48.0 Å². The van der Waals surface area contributed by atoms with Crippen LogP contribution in [-0.4, -0.2) is 53.6 Å². The second-order valence-corrected chi connectivity index (χ2v) is 9.44. The topological polar surface area (TPSA) is 90.9 Å². The van der Waals surface area contributed by atoms with Gasteiger partial charge in [-0.1, -0.05) is 0 Å². The van der Waals surface area contributed by atoms with Crippen LogP contribution in [0.25, 0.3) is 0 Å². The zero-order valence-corrected chi connectivity index (χ0v) is 20.6. The molecule has 6 rings (SSSR count). The Morgan fingerprint density at radius 3 is 2.22 bits per heavy atom. The molecule has 0 amide bonds. The van der Waals surface area contributed by atoms with E-state index in [1.54, 1.807) is 21.3 Å². The van der Waals surface area contributed by atoms with Gasteiger partial charge in [-0.25, -0.2) is 0 Å². The van der Waals surface area contributed by atoms with E-state index in [0.29, 0.717) is 35.4 Å². The highest BCUT2D eigenvalue weighted by Gasteiger charge is 2.53. The van der Waals surface area contributed by atoms with Crippen LogP contribution < -0.4 is 23.7 Å². The number of carbonyl (C=O) groups excluding carboxylic acids is 1. The molecule has 192 valence electrons. The maximum atomic E-state index is 13.3. The van der Waals surface area contributed by atoms with Crippen molar-refractivity contribution in [2.75, 3.05) is 41.3 Å². The van der Waals surface area contributed by atoms with Crippen molar-refractivity contribution in [2.24, 2.45) is 11.8 Å². The summed E-state index contributed by atoms with van der Waals surface area (Å²) < 4.78 is 46.4. The zero-order valence-electron chi connectivity index (χ0n) is 20.6. The standard InChI is InChI=1S/C27H30O9/c1-29-20-8-14(9-21(30-2)26(20)31-3)23-15-10-18-19(35-13-34-18)11-16(15)25(17-12-33-27(28)24(17)23)36-22-6-4-5-7-32-22/h8-11,17,22-25H,4-7,12-13H2,1-3H3. The van der Waals surface area contributed by atoms with Crippen LogP contribution >= 0.6 is 0 Å². The van der Waals surface area contributed by atoms with Gasteiger partial charge in [0, 0.05) is 18.4 Å². The Morgan fingerprint density at radius 1 is 0.861 bits per heavy atom. The number of benzene rings is 2. The molecule has 0 radical (unpaired) electrons. The molecule has 3 aliphatic heterocycles. The van der Waals surface area contributed by atoms with Crippen LogP contribution in [0.5, 0.6) is 28.7 Å². The van der Waals surface area contributed by atoms with Gasteiger partial charge in [0.1, 0.15) is 0 Å². The molecule has 5 unspecified atom stereocenters. The Hall–Kier alpha value is -3.17. The van der Waals surface area contributed by atoms with Gasteiger partial charge in [-0.3, -0.25) is 4.79 Å². The van der Waals surface area contributed by atoms with Gasteiger partial charge >= 0.3 is 5.97 Å². The molecule has 9 nitrogen and oxygen atoms in total. The third kappa shape index (κ3) is 3.72. The summed E-state index contributed by atoms with van der Waals surface area (Å²) in [5.41, 5.74) is 2.73. The molecule has 4 aliphatic rings. The van der Waals surface area contributed by atoms with Gasteiger partial charge in [0.05, 0.1) is 40.0 Å². The highest BCUT2D eigenvalue weighted by Crippen LogP contribution is 2.56. The fourth-order valence-corrected chi connectivity index (χ4v) is 5.95.